The molecule has 29 heavy (non-hydrogen) atoms. The third-order valence-electron chi connectivity index (χ3n) is 3.98. The summed E-state index contributed by atoms with van der Waals surface area (Å²) in [6, 6.07) is 12.0. The first kappa shape index (κ1) is 20.9. The SMILES string of the molecule is O=S([O-])N/C=C/c1ccc(NCCc2nccs2)c(C=Cc2ccc(F)cc2)c1. The Hall–Kier alpha value is -2.81. The second kappa shape index (κ2) is 10.7. The van der Waals surface area contributed by atoms with Crippen LogP contribution >= 0.6 is 11.3 Å². The molecule has 0 aliphatic rings. The van der Waals surface area contributed by atoms with E-state index in [0.29, 0.717) is 0 Å². The van der Waals surface area contributed by atoms with Crippen LogP contribution in [0, 0.1) is 5.82 Å². The standard InChI is InChI=1S/C21H20FN3O2S2/c22-19-6-2-16(3-7-19)1-5-18-15-17(9-12-25-29(26)27)4-8-20(18)23-11-10-21-24-13-14-28-21/h1-9,12-15,23,25H,10-11H2,(H,26,27)/p-1/b5-1?,12-9+. The van der Waals surface area contributed by atoms with Gasteiger partial charge in [-0.15, -0.1) is 11.3 Å². The Labute approximate surface area is 175 Å². The highest BCUT2D eigenvalue weighted by atomic mass is 32.2. The van der Waals surface area contributed by atoms with Crippen molar-refractivity contribution >= 4 is 46.5 Å². The molecule has 0 spiro atoms. The molecule has 0 bridgehead atoms. The maximum atomic E-state index is 13.1. The number of aromatic nitrogens is 1. The zero-order valence-electron chi connectivity index (χ0n) is 15.4. The number of thiazole rings is 1. The molecular formula is C21H19FN3O2S2-. The first-order valence-corrected chi connectivity index (χ1v) is 10.8. The average molecular weight is 429 g/mol. The van der Waals surface area contributed by atoms with E-state index in [0.717, 1.165) is 40.4 Å². The lowest BCUT2D eigenvalue weighted by molar-refractivity contribution is 0.531. The van der Waals surface area contributed by atoms with Crippen molar-refractivity contribution in [1.82, 2.24) is 9.71 Å². The van der Waals surface area contributed by atoms with Crippen LogP contribution in [0.1, 0.15) is 21.7 Å². The van der Waals surface area contributed by atoms with Gasteiger partial charge in [0.25, 0.3) is 0 Å². The maximum absolute atomic E-state index is 13.1. The van der Waals surface area contributed by atoms with Crippen molar-refractivity contribution in [1.29, 1.82) is 0 Å². The van der Waals surface area contributed by atoms with E-state index < -0.39 is 11.3 Å². The van der Waals surface area contributed by atoms with Crippen LogP contribution in [-0.4, -0.2) is 20.3 Å². The van der Waals surface area contributed by atoms with Crippen LogP contribution in [0.2, 0.25) is 0 Å². The fraction of sp³-hybridized carbons (Fsp3) is 0.0952. The summed E-state index contributed by atoms with van der Waals surface area (Å²) in [6.07, 6.45) is 9.49. The number of rotatable bonds is 9. The molecule has 1 aromatic heterocycles. The van der Waals surface area contributed by atoms with Crippen molar-refractivity contribution in [3.63, 3.8) is 0 Å². The van der Waals surface area contributed by atoms with Crippen LogP contribution in [-0.2, 0) is 17.7 Å². The lowest BCUT2D eigenvalue weighted by Crippen LogP contribution is -2.07. The Morgan fingerprint density at radius 2 is 1.90 bits per heavy atom. The van der Waals surface area contributed by atoms with E-state index in [1.807, 2.05) is 35.7 Å². The molecule has 1 unspecified atom stereocenters. The van der Waals surface area contributed by atoms with Crippen LogP contribution in [0.25, 0.3) is 18.2 Å². The van der Waals surface area contributed by atoms with Crippen molar-refractivity contribution in [3.8, 4) is 0 Å². The lowest BCUT2D eigenvalue weighted by Gasteiger charge is -2.11. The molecule has 150 valence electrons. The van der Waals surface area contributed by atoms with E-state index in [2.05, 4.69) is 15.0 Å². The smallest absolute Gasteiger partial charge is 0.123 e. The zero-order valence-corrected chi connectivity index (χ0v) is 17.0. The number of nitrogens with one attached hydrogen (secondary N) is 2. The van der Waals surface area contributed by atoms with Crippen molar-refractivity contribution in [2.45, 2.75) is 6.42 Å². The number of nitrogens with zero attached hydrogens (tertiary/aromatic N) is 1. The molecule has 0 fully saturated rings. The topological polar surface area (TPSA) is 77.1 Å². The van der Waals surface area contributed by atoms with Gasteiger partial charge >= 0.3 is 0 Å². The molecule has 0 saturated carbocycles. The van der Waals surface area contributed by atoms with Crippen LogP contribution in [0.4, 0.5) is 10.1 Å². The zero-order chi connectivity index (χ0) is 20.5. The van der Waals surface area contributed by atoms with Gasteiger partial charge in [-0.25, -0.2) is 9.37 Å². The van der Waals surface area contributed by atoms with Gasteiger partial charge in [0.1, 0.15) is 5.82 Å². The number of hydrogen-bond acceptors (Lipinski definition) is 5. The average Bonchev–Trinajstić information content (AvgIpc) is 3.22. The molecular weight excluding hydrogens is 409 g/mol. The Kier molecular flexibility index (Phi) is 7.69. The molecule has 0 saturated heterocycles. The van der Waals surface area contributed by atoms with Crippen molar-refractivity contribution < 1.29 is 13.2 Å². The van der Waals surface area contributed by atoms with Gasteiger partial charge in [0, 0.05) is 47.7 Å². The third kappa shape index (κ3) is 6.94. The quantitative estimate of drug-likeness (QED) is 0.390. The Morgan fingerprint density at radius 1 is 1.10 bits per heavy atom. The minimum atomic E-state index is -2.35. The van der Waals surface area contributed by atoms with Gasteiger partial charge in [-0.3, -0.25) is 4.21 Å². The summed E-state index contributed by atoms with van der Waals surface area (Å²) in [4.78, 5) is 4.28. The second-order valence-corrected chi connectivity index (χ2v) is 7.70. The van der Waals surface area contributed by atoms with Gasteiger partial charge in [0.15, 0.2) is 0 Å². The number of halogens is 1. The van der Waals surface area contributed by atoms with E-state index in [4.69, 9.17) is 0 Å². The number of hydrogen-bond donors (Lipinski definition) is 2. The number of anilines is 1. The minimum absolute atomic E-state index is 0.276. The molecule has 0 aliphatic heterocycles. The lowest BCUT2D eigenvalue weighted by atomic mass is 10.1. The second-order valence-electron chi connectivity index (χ2n) is 6.02. The predicted molar refractivity (Wildman–Crippen MR) is 117 cm³/mol. The summed E-state index contributed by atoms with van der Waals surface area (Å²) in [5, 5.41) is 6.44. The molecule has 2 N–H and O–H groups in total. The van der Waals surface area contributed by atoms with E-state index in [-0.39, 0.29) is 5.82 Å². The van der Waals surface area contributed by atoms with Gasteiger partial charge in [0.05, 0.1) is 5.01 Å². The monoisotopic (exact) mass is 428 g/mol. The molecule has 3 rings (SSSR count). The Bertz CT molecular complexity index is 1000. The molecule has 0 aliphatic carbocycles. The number of benzene rings is 2. The van der Waals surface area contributed by atoms with Gasteiger partial charge in [0.2, 0.25) is 0 Å². The summed E-state index contributed by atoms with van der Waals surface area (Å²) in [6.45, 7) is 0.733. The van der Waals surface area contributed by atoms with E-state index in [1.54, 1.807) is 35.7 Å². The fourth-order valence-electron chi connectivity index (χ4n) is 2.61. The predicted octanol–water partition coefficient (Wildman–Crippen LogP) is 4.46. The highest BCUT2D eigenvalue weighted by molar-refractivity contribution is 7.77. The highest BCUT2D eigenvalue weighted by Gasteiger charge is 2.02. The molecule has 1 atom stereocenters. The van der Waals surface area contributed by atoms with Crippen LogP contribution in [0.5, 0.6) is 0 Å². The van der Waals surface area contributed by atoms with E-state index in [9.17, 15) is 13.2 Å². The van der Waals surface area contributed by atoms with Gasteiger partial charge < -0.3 is 14.6 Å². The van der Waals surface area contributed by atoms with Crippen LogP contribution < -0.4 is 10.0 Å². The first-order valence-electron chi connectivity index (χ1n) is 8.82. The van der Waals surface area contributed by atoms with Crippen LogP contribution in [0.3, 0.4) is 0 Å². The molecule has 0 radical (unpaired) electrons. The summed E-state index contributed by atoms with van der Waals surface area (Å²) >= 11 is -0.725. The highest BCUT2D eigenvalue weighted by Crippen LogP contribution is 2.22. The summed E-state index contributed by atoms with van der Waals surface area (Å²) < 4.78 is 36.5. The molecule has 1 heterocycles. The van der Waals surface area contributed by atoms with E-state index in [1.165, 1.54) is 18.3 Å². The largest absolute Gasteiger partial charge is 0.755 e. The van der Waals surface area contributed by atoms with Gasteiger partial charge in [-0.05, 0) is 47.0 Å². The van der Waals surface area contributed by atoms with Gasteiger partial charge in [-0.2, -0.15) is 0 Å². The van der Waals surface area contributed by atoms with Crippen LogP contribution in [0.15, 0.2) is 60.2 Å². The Morgan fingerprint density at radius 3 is 2.62 bits per heavy atom. The van der Waals surface area contributed by atoms with Gasteiger partial charge in [-0.1, -0.05) is 30.4 Å². The summed E-state index contributed by atoms with van der Waals surface area (Å²) in [7, 11) is 0. The fourth-order valence-corrected chi connectivity index (χ4v) is 3.41. The van der Waals surface area contributed by atoms with Crippen molar-refractivity contribution in [3.05, 3.63) is 87.8 Å². The van der Waals surface area contributed by atoms with Crippen molar-refractivity contribution in [2.24, 2.45) is 0 Å². The normalized spacial score (nSPS) is 12.5. The summed E-state index contributed by atoms with van der Waals surface area (Å²) in [5.74, 6) is -0.276. The molecule has 2 aromatic carbocycles. The Balaban J connectivity index is 1.78. The van der Waals surface area contributed by atoms with E-state index >= 15 is 0 Å². The first-order chi connectivity index (χ1) is 14.1. The third-order valence-corrected chi connectivity index (χ3v) is 5.15. The summed E-state index contributed by atoms with van der Waals surface area (Å²) in [5.41, 5.74) is 3.59. The molecule has 5 nitrogen and oxygen atoms in total. The van der Waals surface area contributed by atoms with Crippen molar-refractivity contribution in [2.75, 3.05) is 11.9 Å². The maximum Gasteiger partial charge on any atom is 0.123 e. The molecule has 3 aromatic rings. The minimum Gasteiger partial charge on any atom is -0.755 e. The molecule has 0 amide bonds. The molecule has 8 heteroatoms.